The molecule has 3 nitrogen and oxygen atoms in total. The standard InChI is InChI=1S/C15H30N2O/c1-12(14(18)17-15(2,3)4)16-13-10-8-6-5-7-9-11-13/h12-13,16H,5-11H2,1-4H3,(H,17,18). The van der Waals surface area contributed by atoms with Crippen LogP contribution in [-0.2, 0) is 4.79 Å². The summed E-state index contributed by atoms with van der Waals surface area (Å²) in [6.45, 7) is 8.04. The summed E-state index contributed by atoms with van der Waals surface area (Å²) in [6, 6.07) is 0.430. The van der Waals surface area contributed by atoms with Gasteiger partial charge in [-0.15, -0.1) is 0 Å². The molecule has 1 amide bonds. The maximum absolute atomic E-state index is 12.0. The van der Waals surface area contributed by atoms with E-state index >= 15 is 0 Å². The van der Waals surface area contributed by atoms with Gasteiger partial charge in [0.1, 0.15) is 0 Å². The molecule has 0 saturated heterocycles. The maximum atomic E-state index is 12.0. The third kappa shape index (κ3) is 6.39. The molecule has 3 heteroatoms. The Bertz CT molecular complexity index is 250. The normalized spacial score (nSPS) is 20.9. The molecule has 2 N–H and O–H groups in total. The van der Waals surface area contributed by atoms with Gasteiger partial charge in [0.15, 0.2) is 0 Å². The van der Waals surface area contributed by atoms with Crippen molar-refractivity contribution in [3.8, 4) is 0 Å². The third-order valence-corrected chi connectivity index (χ3v) is 3.48. The second kappa shape index (κ2) is 7.13. The van der Waals surface area contributed by atoms with Crippen molar-refractivity contribution in [1.82, 2.24) is 10.6 Å². The molecule has 0 aromatic heterocycles. The maximum Gasteiger partial charge on any atom is 0.237 e. The first-order valence-electron chi connectivity index (χ1n) is 7.46. The highest BCUT2D eigenvalue weighted by atomic mass is 16.2. The van der Waals surface area contributed by atoms with Crippen molar-refractivity contribution in [3.05, 3.63) is 0 Å². The lowest BCUT2D eigenvalue weighted by Gasteiger charge is -2.27. The van der Waals surface area contributed by atoms with E-state index in [0.29, 0.717) is 6.04 Å². The molecule has 1 saturated carbocycles. The fourth-order valence-corrected chi connectivity index (χ4v) is 2.53. The summed E-state index contributed by atoms with van der Waals surface area (Å²) in [5, 5.41) is 6.53. The van der Waals surface area contributed by atoms with Gasteiger partial charge >= 0.3 is 0 Å². The van der Waals surface area contributed by atoms with Gasteiger partial charge < -0.3 is 10.6 Å². The number of carbonyl (C=O) groups excluding carboxylic acids is 1. The van der Waals surface area contributed by atoms with Gasteiger partial charge in [0.25, 0.3) is 0 Å². The van der Waals surface area contributed by atoms with Crippen molar-refractivity contribution in [1.29, 1.82) is 0 Å². The van der Waals surface area contributed by atoms with Crippen molar-refractivity contribution < 1.29 is 4.79 Å². The SMILES string of the molecule is CC(NC1CCCCCCC1)C(=O)NC(C)(C)C. The first-order chi connectivity index (χ1) is 8.38. The van der Waals surface area contributed by atoms with E-state index < -0.39 is 0 Å². The van der Waals surface area contributed by atoms with Crippen LogP contribution in [0.2, 0.25) is 0 Å². The van der Waals surface area contributed by atoms with Crippen LogP contribution in [0.5, 0.6) is 0 Å². The Morgan fingerprint density at radius 2 is 1.56 bits per heavy atom. The highest BCUT2D eigenvalue weighted by molar-refractivity contribution is 5.81. The number of carbonyl (C=O) groups is 1. The number of rotatable bonds is 3. The fourth-order valence-electron chi connectivity index (χ4n) is 2.53. The molecule has 18 heavy (non-hydrogen) atoms. The highest BCUT2D eigenvalue weighted by Crippen LogP contribution is 2.17. The molecule has 1 rings (SSSR count). The lowest BCUT2D eigenvalue weighted by atomic mass is 9.96. The molecule has 0 bridgehead atoms. The van der Waals surface area contributed by atoms with Crippen LogP contribution in [-0.4, -0.2) is 23.5 Å². The predicted molar refractivity (Wildman–Crippen MR) is 76.6 cm³/mol. The monoisotopic (exact) mass is 254 g/mol. The Morgan fingerprint density at radius 3 is 2.06 bits per heavy atom. The molecule has 1 aliphatic rings. The van der Waals surface area contributed by atoms with Crippen LogP contribution >= 0.6 is 0 Å². The molecule has 1 aliphatic carbocycles. The lowest BCUT2D eigenvalue weighted by Crippen LogP contribution is -2.51. The lowest BCUT2D eigenvalue weighted by molar-refractivity contribution is -0.124. The molecular weight excluding hydrogens is 224 g/mol. The molecule has 0 aromatic rings. The van der Waals surface area contributed by atoms with Crippen LogP contribution in [0.3, 0.4) is 0 Å². The summed E-state index contributed by atoms with van der Waals surface area (Å²) >= 11 is 0. The van der Waals surface area contributed by atoms with Crippen molar-refractivity contribution in [3.63, 3.8) is 0 Å². The predicted octanol–water partition coefficient (Wildman–Crippen LogP) is 2.99. The van der Waals surface area contributed by atoms with Crippen LogP contribution < -0.4 is 10.6 Å². The number of amides is 1. The van der Waals surface area contributed by atoms with E-state index in [1.54, 1.807) is 0 Å². The second-order valence-corrected chi connectivity index (χ2v) is 6.67. The zero-order chi connectivity index (χ0) is 13.6. The molecule has 1 atom stereocenters. The Kier molecular flexibility index (Phi) is 6.13. The summed E-state index contributed by atoms with van der Waals surface area (Å²) in [5.74, 6) is 0.115. The van der Waals surface area contributed by atoms with Gasteiger partial charge in [0, 0.05) is 11.6 Å². The molecule has 1 fully saturated rings. The summed E-state index contributed by atoms with van der Waals surface area (Å²) < 4.78 is 0. The van der Waals surface area contributed by atoms with Gasteiger partial charge in [0.2, 0.25) is 5.91 Å². The average Bonchev–Trinajstić information content (AvgIpc) is 2.19. The van der Waals surface area contributed by atoms with Crippen LogP contribution in [0.25, 0.3) is 0 Å². The minimum atomic E-state index is -0.145. The minimum absolute atomic E-state index is 0.0892. The molecule has 0 aliphatic heterocycles. The van der Waals surface area contributed by atoms with Crippen LogP contribution in [0.15, 0.2) is 0 Å². The summed E-state index contributed by atoms with van der Waals surface area (Å²) in [5.41, 5.74) is -0.145. The smallest absolute Gasteiger partial charge is 0.237 e. The first kappa shape index (κ1) is 15.5. The Morgan fingerprint density at radius 1 is 1.06 bits per heavy atom. The quantitative estimate of drug-likeness (QED) is 0.813. The molecule has 0 radical (unpaired) electrons. The van der Waals surface area contributed by atoms with Gasteiger partial charge in [-0.2, -0.15) is 0 Å². The fraction of sp³-hybridized carbons (Fsp3) is 0.933. The van der Waals surface area contributed by atoms with Gasteiger partial charge in [0.05, 0.1) is 6.04 Å². The van der Waals surface area contributed by atoms with Gasteiger partial charge in [-0.05, 0) is 40.5 Å². The molecule has 0 heterocycles. The topological polar surface area (TPSA) is 41.1 Å². The Hall–Kier alpha value is -0.570. The number of nitrogens with one attached hydrogen (secondary N) is 2. The molecule has 0 spiro atoms. The zero-order valence-corrected chi connectivity index (χ0v) is 12.5. The number of hydrogen-bond acceptors (Lipinski definition) is 2. The summed E-state index contributed by atoms with van der Waals surface area (Å²) in [6.07, 6.45) is 9.10. The molecular formula is C15H30N2O. The number of hydrogen-bond donors (Lipinski definition) is 2. The van der Waals surface area contributed by atoms with E-state index in [2.05, 4.69) is 10.6 Å². The van der Waals surface area contributed by atoms with E-state index in [1.165, 1.54) is 44.9 Å². The molecule has 1 unspecified atom stereocenters. The molecule has 0 aromatic carbocycles. The van der Waals surface area contributed by atoms with Crippen molar-refractivity contribution in [2.75, 3.05) is 0 Å². The van der Waals surface area contributed by atoms with Crippen molar-refractivity contribution >= 4 is 5.91 Å². The van der Waals surface area contributed by atoms with Crippen LogP contribution in [0, 0.1) is 0 Å². The largest absolute Gasteiger partial charge is 0.350 e. The Balaban J connectivity index is 2.37. The van der Waals surface area contributed by atoms with Crippen LogP contribution in [0.4, 0.5) is 0 Å². The zero-order valence-electron chi connectivity index (χ0n) is 12.5. The van der Waals surface area contributed by atoms with E-state index in [1.807, 2.05) is 27.7 Å². The summed E-state index contributed by atoms with van der Waals surface area (Å²) in [7, 11) is 0. The highest BCUT2D eigenvalue weighted by Gasteiger charge is 2.21. The minimum Gasteiger partial charge on any atom is -0.350 e. The molecule has 106 valence electrons. The summed E-state index contributed by atoms with van der Waals surface area (Å²) in [4.78, 5) is 12.0. The van der Waals surface area contributed by atoms with Crippen molar-refractivity contribution in [2.24, 2.45) is 0 Å². The third-order valence-electron chi connectivity index (χ3n) is 3.48. The second-order valence-electron chi connectivity index (χ2n) is 6.67. The van der Waals surface area contributed by atoms with Gasteiger partial charge in [-0.3, -0.25) is 4.79 Å². The van der Waals surface area contributed by atoms with Gasteiger partial charge in [-0.25, -0.2) is 0 Å². The van der Waals surface area contributed by atoms with Gasteiger partial charge in [-0.1, -0.05) is 32.1 Å². The van der Waals surface area contributed by atoms with E-state index in [9.17, 15) is 4.79 Å². The van der Waals surface area contributed by atoms with Crippen molar-refractivity contribution in [2.45, 2.75) is 90.3 Å². The van der Waals surface area contributed by atoms with E-state index in [0.717, 1.165) is 0 Å². The van der Waals surface area contributed by atoms with E-state index in [-0.39, 0.29) is 17.5 Å². The Labute approximate surface area is 112 Å². The van der Waals surface area contributed by atoms with E-state index in [4.69, 9.17) is 0 Å². The first-order valence-corrected chi connectivity index (χ1v) is 7.46. The average molecular weight is 254 g/mol. The van der Waals surface area contributed by atoms with Crippen LogP contribution in [0.1, 0.15) is 72.6 Å².